The van der Waals surface area contributed by atoms with Crippen molar-refractivity contribution in [2.75, 3.05) is 13.2 Å². The van der Waals surface area contributed by atoms with Crippen LogP contribution in [0.3, 0.4) is 0 Å². The van der Waals surface area contributed by atoms with Crippen LogP contribution in [0.4, 0.5) is 0 Å². The van der Waals surface area contributed by atoms with Crippen LogP contribution in [0.5, 0.6) is 17.2 Å². The zero-order valence-electron chi connectivity index (χ0n) is 18.5. The van der Waals surface area contributed by atoms with Gasteiger partial charge in [0.05, 0.1) is 18.8 Å². The number of phenolic OH excluding ortho intramolecular Hbond substituents is 1. The fourth-order valence-electron chi connectivity index (χ4n) is 3.12. The Bertz CT molecular complexity index is 870. The molecule has 0 fully saturated rings. The summed E-state index contributed by atoms with van der Waals surface area (Å²) in [5, 5.41) is 19.1. The molecule has 0 saturated carbocycles. The van der Waals surface area contributed by atoms with E-state index >= 15 is 0 Å². The van der Waals surface area contributed by atoms with E-state index in [1.54, 1.807) is 19.1 Å². The Morgan fingerprint density at radius 3 is 2.23 bits per heavy atom. The van der Waals surface area contributed by atoms with Gasteiger partial charge in [-0.15, -0.1) is 0 Å². The van der Waals surface area contributed by atoms with Gasteiger partial charge in [-0.05, 0) is 61.9 Å². The van der Waals surface area contributed by atoms with Crippen molar-refractivity contribution in [1.82, 2.24) is 0 Å². The molecule has 0 atom stereocenters. The minimum Gasteiger partial charge on any atom is -0.507 e. The first-order valence-corrected chi connectivity index (χ1v) is 10.7. The molecule has 31 heavy (non-hydrogen) atoms. The van der Waals surface area contributed by atoms with E-state index in [2.05, 4.69) is 0 Å². The van der Waals surface area contributed by atoms with Crippen LogP contribution in [-0.4, -0.2) is 35.2 Å². The number of benzene rings is 2. The number of rotatable bonds is 13. The molecule has 2 aromatic rings. The lowest BCUT2D eigenvalue weighted by molar-refractivity contribution is -0.136. The number of Topliss-reactive ketones (excluding diaryl/α,β-unsaturated/α-hetero) is 1. The molecule has 0 amide bonds. The van der Waals surface area contributed by atoms with Crippen LogP contribution in [0.1, 0.15) is 61.0 Å². The molecule has 168 valence electrons. The van der Waals surface area contributed by atoms with E-state index in [-0.39, 0.29) is 23.9 Å². The van der Waals surface area contributed by atoms with Crippen molar-refractivity contribution < 1.29 is 29.3 Å². The minimum absolute atomic E-state index is 0.00159. The minimum atomic E-state index is -0.802. The van der Waals surface area contributed by atoms with Crippen LogP contribution in [0.2, 0.25) is 0 Å². The summed E-state index contributed by atoms with van der Waals surface area (Å²) in [4.78, 5) is 22.8. The predicted molar refractivity (Wildman–Crippen MR) is 119 cm³/mol. The van der Waals surface area contributed by atoms with E-state index in [0.717, 1.165) is 24.2 Å². The van der Waals surface area contributed by atoms with E-state index in [9.17, 15) is 14.7 Å². The maximum atomic E-state index is 12.2. The second-order valence-electron chi connectivity index (χ2n) is 8.05. The van der Waals surface area contributed by atoms with Crippen molar-refractivity contribution in [1.29, 1.82) is 0 Å². The molecule has 0 aliphatic carbocycles. The lowest BCUT2D eigenvalue weighted by atomic mass is 9.98. The average Bonchev–Trinajstić information content (AvgIpc) is 2.72. The molecule has 0 spiro atoms. The maximum Gasteiger partial charge on any atom is 0.303 e. The average molecular weight is 429 g/mol. The highest BCUT2D eigenvalue weighted by atomic mass is 16.5. The van der Waals surface area contributed by atoms with E-state index < -0.39 is 5.97 Å². The van der Waals surface area contributed by atoms with Gasteiger partial charge in [0, 0.05) is 18.4 Å². The highest BCUT2D eigenvalue weighted by Crippen LogP contribution is 2.31. The third kappa shape index (κ3) is 7.96. The molecule has 0 bridgehead atoms. The van der Waals surface area contributed by atoms with Crippen LogP contribution in [0.25, 0.3) is 0 Å². The Kier molecular flexibility index (Phi) is 9.38. The lowest BCUT2D eigenvalue weighted by Crippen LogP contribution is -2.06. The molecular formula is C25H32O6. The van der Waals surface area contributed by atoms with Gasteiger partial charge < -0.3 is 19.7 Å². The Morgan fingerprint density at radius 2 is 1.61 bits per heavy atom. The number of ether oxygens (including phenoxy) is 2. The zero-order chi connectivity index (χ0) is 22.8. The van der Waals surface area contributed by atoms with E-state index in [1.165, 1.54) is 0 Å². The van der Waals surface area contributed by atoms with E-state index in [4.69, 9.17) is 14.6 Å². The lowest BCUT2D eigenvalue weighted by Gasteiger charge is -2.13. The SMILES string of the molecule is Cc1c(OCCCCOc2ccc(CCC(=O)O)cc2)ccc(C(=O)CC(C)C)c1O. The highest BCUT2D eigenvalue weighted by molar-refractivity contribution is 5.99. The van der Waals surface area contributed by atoms with Gasteiger partial charge in [0.15, 0.2) is 5.78 Å². The summed E-state index contributed by atoms with van der Waals surface area (Å²) in [6.07, 6.45) is 2.61. The van der Waals surface area contributed by atoms with Crippen LogP contribution in [0, 0.1) is 12.8 Å². The van der Waals surface area contributed by atoms with Crippen molar-refractivity contribution in [2.45, 2.75) is 52.9 Å². The van der Waals surface area contributed by atoms with Crippen LogP contribution < -0.4 is 9.47 Å². The Hall–Kier alpha value is -3.02. The van der Waals surface area contributed by atoms with Crippen LogP contribution in [-0.2, 0) is 11.2 Å². The van der Waals surface area contributed by atoms with Crippen molar-refractivity contribution in [3.63, 3.8) is 0 Å². The number of carbonyl (C=O) groups is 2. The van der Waals surface area contributed by atoms with Gasteiger partial charge in [-0.25, -0.2) is 0 Å². The molecule has 2 aromatic carbocycles. The topological polar surface area (TPSA) is 93.1 Å². The molecule has 2 N–H and O–H groups in total. The Labute approximate surface area is 183 Å². The number of aliphatic carboxylic acids is 1. The number of aromatic hydroxyl groups is 1. The fourth-order valence-corrected chi connectivity index (χ4v) is 3.12. The largest absolute Gasteiger partial charge is 0.507 e. The first-order chi connectivity index (χ1) is 14.8. The summed E-state index contributed by atoms with van der Waals surface area (Å²) in [7, 11) is 0. The Balaban J connectivity index is 1.72. The first kappa shape index (κ1) is 24.3. The number of carboxylic acids is 1. The predicted octanol–water partition coefficient (Wildman–Crippen LogP) is 5.18. The Morgan fingerprint density at radius 1 is 0.968 bits per heavy atom. The van der Waals surface area contributed by atoms with Gasteiger partial charge in [-0.2, -0.15) is 0 Å². The van der Waals surface area contributed by atoms with Crippen LogP contribution >= 0.6 is 0 Å². The third-order valence-corrected chi connectivity index (χ3v) is 4.89. The van der Waals surface area contributed by atoms with Crippen molar-refractivity contribution in [3.05, 3.63) is 53.1 Å². The number of aryl methyl sites for hydroxylation is 1. The molecule has 0 unspecified atom stereocenters. The van der Waals surface area contributed by atoms with Gasteiger partial charge in [0.2, 0.25) is 0 Å². The third-order valence-electron chi connectivity index (χ3n) is 4.89. The normalized spacial score (nSPS) is 10.8. The molecular weight excluding hydrogens is 396 g/mol. The molecule has 0 aliphatic heterocycles. The number of hydrogen-bond acceptors (Lipinski definition) is 5. The van der Waals surface area contributed by atoms with Gasteiger partial charge >= 0.3 is 5.97 Å². The summed E-state index contributed by atoms with van der Waals surface area (Å²) >= 11 is 0. The van der Waals surface area contributed by atoms with Crippen molar-refractivity contribution in [2.24, 2.45) is 5.92 Å². The maximum absolute atomic E-state index is 12.2. The summed E-state index contributed by atoms with van der Waals surface area (Å²) in [5.41, 5.74) is 1.90. The van der Waals surface area contributed by atoms with Gasteiger partial charge in [-0.3, -0.25) is 9.59 Å². The molecule has 0 heterocycles. The number of carboxylic acid groups (broad SMARTS) is 1. The zero-order valence-corrected chi connectivity index (χ0v) is 18.5. The van der Waals surface area contributed by atoms with Crippen molar-refractivity contribution >= 4 is 11.8 Å². The first-order valence-electron chi connectivity index (χ1n) is 10.7. The number of phenols is 1. The molecule has 6 heteroatoms. The summed E-state index contributed by atoms with van der Waals surface area (Å²) in [5.74, 6) is 0.704. The van der Waals surface area contributed by atoms with E-state index in [1.807, 2.05) is 38.1 Å². The van der Waals surface area contributed by atoms with Gasteiger partial charge in [0.1, 0.15) is 17.2 Å². The quantitative estimate of drug-likeness (QED) is 0.337. The molecule has 2 rings (SSSR count). The highest BCUT2D eigenvalue weighted by Gasteiger charge is 2.17. The summed E-state index contributed by atoms with van der Waals surface area (Å²) < 4.78 is 11.5. The molecule has 0 radical (unpaired) electrons. The van der Waals surface area contributed by atoms with Crippen molar-refractivity contribution in [3.8, 4) is 17.2 Å². The molecule has 0 saturated heterocycles. The second kappa shape index (κ2) is 12.0. The number of ketones is 1. The number of hydrogen-bond donors (Lipinski definition) is 2. The summed E-state index contributed by atoms with van der Waals surface area (Å²) in [6.45, 7) is 6.73. The fraction of sp³-hybridized carbons (Fsp3) is 0.440. The monoisotopic (exact) mass is 428 g/mol. The second-order valence-corrected chi connectivity index (χ2v) is 8.05. The molecule has 0 aliphatic rings. The summed E-state index contributed by atoms with van der Waals surface area (Å²) in [6, 6.07) is 10.8. The van der Waals surface area contributed by atoms with Gasteiger partial charge in [0.25, 0.3) is 0 Å². The molecule has 6 nitrogen and oxygen atoms in total. The smallest absolute Gasteiger partial charge is 0.303 e. The number of carbonyl (C=O) groups excluding carboxylic acids is 1. The molecule has 0 aromatic heterocycles. The van der Waals surface area contributed by atoms with Crippen LogP contribution in [0.15, 0.2) is 36.4 Å². The van der Waals surface area contributed by atoms with E-state index in [0.29, 0.717) is 42.9 Å². The standard InChI is InChI=1S/C25H32O6/c1-17(2)16-22(26)21-11-12-23(18(3)25(21)29)31-15-5-4-14-30-20-9-6-19(7-10-20)8-13-24(27)28/h6-7,9-12,17,29H,4-5,8,13-16H2,1-3H3,(H,27,28). The van der Waals surface area contributed by atoms with Gasteiger partial charge in [-0.1, -0.05) is 26.0 Å². The number of unbranched alkanes of at least 4 members (excludes halogenated alkanes) is 1.